The predicted octanol–water partition coefficient (Wildman–Crippen LogP) is 8.01. The topological polar surface area (TPSA) is 61.0 Å². The highest BCUT2D eigenvalue weighted by molar-refractivity contribution is 6.36. The monoisotopic (exact) mass is 499 g/mol. The van der Waals surface area contributed by atoms with Crippen molar-refractivity contribution in [1.29, 1.82) is 0 Å². The van der Waals surface area contributed by atoms with Crippen molar-refractivity contribution in [2.24, 2.45) is 0 Å². The molecule has 0 saturated heterocycles. The summed E-state index contributed by atoms with van der Waals surface area (Å²) < 4.78 is 1.94. The molecule has 0 saturated carbocycles. The van der Waals surface area contributed by atoms with E-state index in [4.69, 9.17) is 28.2 Å². The number of imidazole rings is 1. The largest absolute Gasteiger partial charge is 0.303 e. The summed E-state index contributed by atoms with van der Waals surface area (Å²) in [5.74, 6) is 0.785. The van der Waals surface area contributed by atoms with E-state index in [1.165, 1.54) is 12.1 Å². The van der Waals surface area contributed by atoms with Crippen molar-refractivity contribution in [2.75, 3.05) is 0 Å². The maximum absolute atomic E-state index is 11.1. The van der Waals surface area contributed by atoms with E-state index in [1.54, 1.807) is 24.3 Å². The summed E-state index contributed by atoms with van der Waals surface area (Å²) in [5, 5.41) is 12.2. The Bertz CT molecular complexity index is 1500. The van der Waals surface area contributed by atoms with Crippen molar-refractivity contribution in [3.05, 3.63) is 135 Å². The van der Waals surface area contributed by atoms with Gasteiger partial charge in [0.15, 0.2) is 0 Å². The van der Waals surface area contributed by atoms with Gasteiger partial charge in [-0.05, 0) is 47.0 Å². The van der Waals surface area contributed by atoms with E-state index >= 15 is 0 Å². The zero-order chi connectivity index (χ0) is 24.4. The molecule has 0 spiro atoms. The second-order valence-corrected chi connectivity index (χ2v) is 8.89. The van der Waals surface area contributed by atoms with E-state index in [-0.39, 0.29) is 5.69 Å². The minimum atomic E-state index is -0.411. The number of benzene rings is 4. The minimum absolute atomic E-state index is 0.0351. The molecule has 0 atom stereocenters. The van der Waals surface area contributed by atoms with Crippen LogP contribution in [0.4, 0.5) is 5.69 Å². The minimum Gasteiger partial charge on any atom is -0.303 e. The lowest BCUT2D eigenvalue weighted by Crippen LogP contribution is -2.02. The number of non-ortho nitro benzene ring substituents is 1. The number of nitrogens with zero attached hydrogens (tertiary/aromatic N) is 3. The van der Waals surface area contributed by atoms with Crippen LogP contribution in [-0.2, 0) is 6.42 Å². The van der Waals surface area contributed by atoms with E-state index in [9.17, 15) is 10.1 Å². The Morgan fingerprint density at radius 1 is 0.829 bits per heavy atom. The number of aromatic nitrogens is 2. The molecule has 0 bridgehead atoms. The van der Waals surface area contributed by atoms with Gasteiger partial charge in [-0.15, -0.1) is 0 Å². The molecule has 172 valence electrons. The normalized spacial score (nSPS) is 10.9. The van der Waals surface area contributed by atoms with Gasteiger partial charge < -0.3 is 4.57 Å². The molecule has 4 aromatic carbocycles. The van der Waals surface area contributed by atoms with Crippen LogP contribution in [0.25, 0.3) is 28.1 Å². The molecule has 0 aliphatic carbocycles. The first-order valence-corrected chi connectivity index (χ1v) is 11.7. The fourth-order valence-corrected chi connectivity index (χ4v) is 4.46. The highest BCUT2D eigenvalue weighted by Gasteiger charge is 2.15. The van der Waals surface area contributed by atoms with E-state index < -0.39 is 4.92 Å². The van der Waals surface area contributed by atoms with Crippen LogP contribution in [-0.4, -0.2) is 14.5 Å². The maximum Gasteiger partial charge on any atom is 0.269 e. The van der Waals surface area contributed by atoms with Crippen LogP contribution in [0, 0.1) is 10.1 Å². The molecule has 0 unspecified atom stereocenters. The van der Waals surface area contributed by atoms with E-state index in [2.05, 4.69) is 36.4 Å². The predicted molar refractivity (Wildman–Crippen MR) is 140 cm³/mol. The van der Waals surface area contributed by atoms with Gasteiger partial charge in [0.2, 0.25) is 0 Å². The Morgan fingerprint density at radius 3 is 2.17 bits per heavy atom. The molecule has 0 fully saturated rings. The summed E-state index contributed by atoms with van der Waals surface area (Å²) in [6.45, 7) is 0. The van der Waals surface area contributed by atoms with Gasteiger partial charge in [-0.3, -0.25) is 10.1 Å². The van der Waals surface area contributed by atoms with Gasteiger partial charge in [0.1, 0.15) is 5.82 Å². The fraction of sp³-hybridized carbons (Fsp3) is 0.0357. The van der Waals surface area contributed by atoms with Crippen molar-refractivity contribution >= 4 is 28.9 Å². The molecular formula is C28H19Cl2N3O2. The average molecular weight is 500 g/mol. The Kier molecular flexibility index (Phi) is 6.36. The maximum atomic E-state index is 11.1. The van der Waals surface area contributed by atoms with Crippen LogP contribution in [0.5, 0.6) is 0 Å². The highest BCUT2D eigenvalue weighted by atomic mass is 35.5. The summed E-state index contributed by atoms with van der Waals surface area (Å²) in [6.07, 6.45) is 2.46. The number of hydrogen-bond acceptors (Lipinski definition) is 3. The molecule has 0 aliphatic rings. The Morgan fingerprint density at radius 2 is 1.51 bits per heavy atom. The lowest BCUT2D eigenvalue weighted by atomic mass is 10.0. The summed E-state index contributed by atoms with van der Waals surface area (Å²) >= 11 is 12.5. The third kappa shape index (κ3) is 4.97. The Balaban J connectivity index is 1.53. The first kappa shape index (κ1) is 22.8. The second-order valence-electron chi connectivity index (χ2n) is 8.05. The van der Waals surface area contributed by atoms with Gasteiger partial charge in [0, 0.05) is 41.0 Å². The molecule has 0 aliphatic heterocycles. The molecule has 5 rings (SSSR count). The molecule has 0 amide bonds. The summed E-state index contributed by atoms with van der Waals surface area (Å²) in [4.78, 5) is 15.6. The van der Waals surface area contributed by atoms with Crippen LogP contribution >= 0.6 is 23.2 Å². The third-order valence-electron chi connectivity index (χ3n) is 5.75. The number of halogens is 2. The smallest absolute Gasteiger partial charge is 0.269 e. The summed E-state index contributed by atoms with van der Waals surface area (Å²) in [7, 11) is 0. The molecular weight excluding hydrogens is 481 g/mol. The average Bonchev–Trinajstić information content (AvgIpc) is 3.28. The van der Waals surface area contributed by atoms with Crippen molar-refractivity contribution in [3.63, 3.8) is 0 Å². The number of rotatable bonds is 6. The first-order valence-electron chi connectivity index (χ1n) is 10.9. The van der Waals surface area contributed by atoms with Crippen LogP contribution in [0.15, 0.2) is 103 Å². The number of nitro benzene ring substituents is 1. The highest BCUT2D eigenvalue weighted by Crippen LogP contribution is 2.31. The van der Waals surface area contributed by atoms with Gasteiger partial charge in [-0.2, -0.15) is 0 Å². The molecule has 0 radical (unpaired) electrons. The zero-order valence-corrected chi connectivity index (χ0v) is 19.9. The molecule has 35 heavy (non-hydrogen) atoms. The lowest BCUT2D eigenvalue weighted by molar-refractivity contribution is -0.384. The first-order chi connectivity index (χ1) is 17.0. The quantitative estimate of drug-likeness (QED) is 0.175. The van der Waals surface area contributed by atoms with Crippen molar-refractivity contribution in [1.82, 2.24) is 9.55 Å². The zero-order valence-electron chi connectivity index (χ0n) is 18.4. The second kappa shape index (κ2) is 9.74. The van der Waals surface area contributed by atoms with Gasteiger partial charge in [-0.25, -0.2) is 4.98 Å². The van der Waals surface area contributed by atoms with Crippen molar-refractivity contribution in [2.45, 2.75) is 6.42 Å². The van der Waals surface area contributed by atoms with Crippen molar-refractivity contribution in [3.8, 4) is 28.1 Å². The molecule has 5 aromatic rings. The Hall–Kier alpha value is -3.93. The van der Waals surface area contributed by atoms with E-state index in [0.717, 1.165) is 33.8 Å². The van der Waals surface area contributed by atoms with Crippen LogP contribution in [0.3, 0.4) is 0 Å². The van der Waals surface area contributed by atoms with Crippen LogP contribution in [0.1, 0.15) is 11.4 Å². The van der Waals surface area contributed by atoms with Crippen molar-refractivity contribution < 1.29 is 4.92 Å². The SMILES string of the molecule is O=[N+]([O-])c1ccc(-n2cc(-c3ccc(Cl)cc3Cl)nc2Cc2ccc(-c3ccccc3)cc2)cc1. The van der Waals surface area contributed by atoms with Gasteiger partial charge in [0.05, 0.1) is 15.6 Å². The summed E-state index contributed by atoms with van der Waals surface area (Å²) in [6, 6.07) is 30.3. The molecule has 1 aromatic heterocycles. The molecule has 5 nitrogen and oxygen atoms in total. The molecule has 1 heterocycles. The van der Waals surface area contributed by atoms with E-state index in [1.807, 2.05) is 35.0 Å². The van der Waals surface area contributed by atoms with Gasteiger partial charge >= 0.3 is 0 Å². The van der Waals surface area contributed by atoms with Crippen LogP contribution in [0.2, 0.25) is 10.0 Å². The number of hydrogen-bond donors (Lipinski definition) is 0. The van der Waals surface area contributed by atoms with Gasteiger partial charge in [-0.1, -0.05) is 77.8 Å². The summed E-state index contributed by atoms with van der Waals surface area (Å²) in [5.41, 5.74) is 5.65. The van der Waals surface area contributed by atoms with Crippen LogP contribution < -0.4 is 0 Å². The molecule has 0 N–H and O–H groups in total. The Labute approximate surface area is 212 Å². The fourth-order valence-electron chi connectivity index (χ4n) is 3.96. The third-order valence-corrected chi connectivity index (χ3v) is 6.30. The van der Waals surface area contributed by atoms with E-state index in [0.29, 0.717) is 22.2 Å². The molecule has 7 heteroatoms. The standard InChI is InChI=1S/C28H19Cl2N3O2/c29-22-10-15-25(26(30)17-22)27-18-32(23-11-13-24(14-12-23)33(34)35)28(31-27)16-19-6-8-21(9-7-19)20-4-2-1-3-5-20/h1-15,17-18H,16H2. The number of nitro groups is 1. The van der Waals surface area contributed by atoms with Gasteiger partial charge in [0.25, 0.3) is 5.69 Å². The lowest BCUT2D eigenvalue weighted by Gasteiger charge is -2.09.